The molecule has 0 fully saturated rings. The normalized spacial score (nSPS) is 10.4. The van der Waals surface area contributed by atoms with Crippen molar-refractivity contribution in [3.05, 3.63) is 53.5 Å². The first-order chi connectivity index (χ1) is 8.70. The molecule has 2 rings (SSSR count). The molecule has 0 atom stereocenters. The summed E-state index contributed by atoms with van der Waals surface area (Å²) < 4.78 is 0. The van der Waals surface area contributed by atoms with E-state index in [1.807, 2.05) is 31.4 Å². The van der Waals surface area contributed by atoms with Gasteiger partial charge in [-0.05, 0) is 36.2 Å². The topological polar surface area (TPSA) is 55.0 Å². The quantitative estimate of drug-likeness (QED) is 0.889. The lowest BCUT2D eigenvalue weighted by Crippen LogP contribution is -2.19. The minimum atomic E-state index is 0.526. The lowest BCUT2D eigenvalue weighted by Gasteiger charge is -2.20. The molecular formula is C14H18N4. The summed E-state index contributed by atoms with van der Waals surface area (Å²) in [5.74, 6) is 0.970. The Bertz CT molecular complexity index is 510. The van der Waals surface area contributed by atoms with E-state index >= 15 is 0 Å². The number of aryl methyl sites for hydroxylation is 1. The predicted molar refractivity (Wildman–Crippen MR) is 73.2 cm³/mol. The van der Waals surface area contributed by atoms with Gasteiger partial charge >= 0.3 is 0 Å². The molecule has 0 aliphatic rings. The highest BCUT2D eigenvalue weighted by Crippen LogP contribution is 2.18. The van der Waals surface area contributed by atoms with Gasteiger partial charge in [0.2, 0.25) is 0 Å². The minimum Gasteiger partial charge on any atom is -0.354 e. The van der Waals surface area contributed by atoms with Gasteiger partial charge in [0, 0.05) is 26.0 Å². The van der Waals surface area contributed by atoms with Crippen LogP contribution >= 0.6 is 0 Å². The number of hydrogen-bond donors (Lipinski definition) is 1. The average molecular weight is 242 g/mol. The molecule has 4 heteroatoms. The number of aromatic nitrogens is 2. The third-order valence-corrected chi connectivity index (χ3v) is 2.83. The van der Waals surface area contributed by atoms with Crippen LogP contribution in [0.25, 0.3) is 0 Å². The van der Waals surface area contributed by atoms with Crippen molar-refractivity contribution in [2.75, 3.05) is 11.9 Å². The monoisotopic (exact) mass is 242 g/mol. The number of nitrogens with two attached hydrogens (primary N) is 1. The van der Waals surface area contributed by atoms with Gasteiger partial charge in [-0.1, -0.05) is 6.07 Å². The van der Waals surface area contributed by atoms with E-state index in [-0.39, 0.29) is 0 Å². The molecule has 0 aromatic carbocycles. The van der Waals surface area contributed by atoms with E-state index < -0.39 is 0 Å². The molecule has 0 bridgehead atoms. The van der Waals surface area contributed by atoms with Gasteiger partial charge in [0.1, 0.15) is 5.82 Å². The van der Waals surface area contributed by atoms with Crippen LogP contribution in [0.5, 0.6) is 0 Å². The number of rotatable bonds is 4. The van der Waals surface area contributed by atoms with Gasteiger partial charge in [0.15, 0.2) is 0 Å². The summed E-state index contributed by atoms with van der Waals surface area (Å²) in [6.07, 6.45) is 3.64. The first kappa shape index (κ1) is 12.5. The zero-order chi connectivity index (χ0) is 13.0. The molecule has 0 radical (unpaired) electrons. The number of anilines is 1. The van der Waals surface area contributed by atoms with Gasteiger partial charge in [0.05, 0.1) is 12.2 Å². The summed E-state index contributed by atoms with van der Waals surface area (Å²) in [7, 11) is 2.02. The highest BCUT2D eigenvalue weighted by atomic mass is 15.2. The summed E-state index contributed by atoms with van der Waals surface area (Å²) in [5.41, 5.74) is 8.83. The van der Waals surface area contributed by atoms with Crippen molar-refractivity contribution < 1.29 is 0 Å². The summed E-state index contributed by atoms with van der Waals surface area (Å²) in [5, 5.41) is 0. The lowest BCUT2D eigenvalue weighted by molar-refractivity contribution is 0.856. The van der Waals surface area contributed by atoms with Crippen molar-refractivity contribution in [2.45, 2.75) is 20.0 Å². The zero-order valence-corrected chi connectivity index (χ0v) is 10.8. The maximum Gasteiger partial charge on any atom is 0.131 e. The molecular weight excluding hydrogens is 224 g/mol. The van der Waals surface area contributed by atoms with E-state index in [0.717, 1.165) is 29.2 Å². The van der Waals surface area contributed by atoms with Crippen molar-refractivity contribution in [3.8, 4) is 0 Å². The van der Waals surface area contributed by atoms with Gasteiger partial charge in [-0.3, -0.25) is 4.98 Å². The molecule has 0 aliphatic carbocycles. The fourth-order valence-corrected chi connectivity index (χ4v) is 1.95. The molecule has 0 unspecified atom stereocenters. The Balaban J connectivity index is 2.16. The van der Waals surface area contributed by atoms with Crippen LogP contribution in [0.4, 0.5) is 5.82 Å². The Morgan fingerprint density at radius 3 is 2.72 bits per heavy atom. The highest BCUT2D eigenvalue weighted by Gasteiger charge is 2.07. The van der Waals surface area contributed by atoms with Crippen LogP contribution in [-0.4, -0.2) is 17.0 Å². The lowest BCUT2D eigenvalue weighted by atomic mass is 10.2. The number of pyridine rings is 2. The van der Waals surface area contributed by atoms with Gasteiger partial charge < -0.3 is 10.6 Å². The molecule has 2 heterocycles. The third kappa shape index (κ3) is 2.84. The van der Waals surface area contributed by atoms with E-state index in [1.54, 1.807) is 6.20 Å². The summed E-state index contributed by atoms with van der Waals surface area (Å²) in [4.78, 5) is 10.9. The fraction of sp³-hybridized carbons (Fsp3) is 0.286. The first-order valence-electron chi connectivity index (χ1n) is 5.97. The van der Waals surface area contributed by atoms with Crippen LogP contribution in [0.3, 0.4) is 0 Å². The summed E-state index contributed by atoms with van der Waals surface area (Å²) >= 11 is 0. The predicted octanol–water partition coefficient (Wildman–Crippen LogP) is 1.88. The van der Waals surface area contributed by atoms with E-state index in [9.17, 15) is 0 Å². The Labute approximate surface area is 107 Å². The van der Waals surface area contributed by atoms with Crippen molar-refractivity contribution in [2.24, 2.45) is 5.73 Å². The van der Waals surface area contributed by atoms with Gasteiger partial charge in [-0.25, -0.2) is 4.98 Å². The number of nitrogens with zero attached hydrogens (tertiary/aromatic N) is 3. The van der Waals surface area contributed by atoms with Crippen molar-refractivity contribution >= 4 is 5.82 Å². The Morgan fingerprint density at radius 2 is 2.11 bits per heavy atom. The molecule has 0 spiro atoms. The molecule has 0 amide bonds. The van der Waals surface area contributed by atoms with E-state index in [2.05, 4.69) is 27.9 Å². The number of hydrogen-bond acceptors (Lipinski definition) is 4. The van der Waals surface area contributed by atoms with E-state index in [1.165, 1.54) is 0 Å². The first-order valence-corrected chi connectivity index (χ1v) is 5.97. The second-order valence-electron chi connectivity index (χ2n) is 4.37. The fourth-order valence-electron chi connectivity index (χ4n) is 1.95. The smallest absolute Gasteiger partial charge is 0.131 e. The zero-order valence-electron chi connectivity index (χ0n) is 10.8. The van der Waals surface area contributed by atoms with Crippen molar-refractivity contribution in [1.29, 1.82) is 0 Å². The van der Waals surface area contributed by atoms with Crippen molar-refractivity contribution in [1.82, 2.24) is 9.97 Å². The standard InChI is InChI=1S/C14H18N4/c1-11-7-12(8-15)9-17-14(11)18(2)10-13-5-3-4-6-16-13/h3-7,9H,8,10,15H2,1-2H3. The van der Waals surface area contributed by atoms with Crippen LogP contribution in [0, 0.1) is 6.92 Å². The molecule has 18 heavy (non-hydrogen) atoms. The van der Waals surface area contributed by atoms with E-state index in [0.29, 0.717) is 6.54 Å². The van der Waals surface area contributed by atoms with Crippen LogP contribution in [0.2, 0.25) is 0 Å². The molecule has 0 saturated heterocycles. The maximum atomic E-state index is 5.60. The largest absolute Gasteiger partial charge is 0.354 e. The Hall–Kier alpha value is -1.94. The van der Waals surface area contributed by atoms with Crippen LogP contribution in [0.15, 0.2) is 36.7 Å². The molecule has 2 aromatic heterocycles. The molecule has 94 valence electrons. The summed E-state index contributed by atoms with van der Waals surface area (Å²) in [6, 6.07) is 8.01. The summed E-state index contributed by atoms with van der Waals surface area (Å²) in [6.45, 7) is 3.32. The molecule has 4 nitrogen and oxygen atoms in total. The maximum absolute atomic E-state index is 5.60. The SMILES string of the molecule is Cc1cc(CN)cnc1N(C)Cc1ccccn1. The molecule has 0 aliphatic heterocycles. The van der Waals surface area contributed by atoms with Crippen LogP contribution < -0.4 is 10.6 Å². The molecule has 2 aromatic rings. The third-order valence-electron chi connectivity index (χ3n) is 2.83. The molecule has 0 saturated carbocycles. The van der Waals surface area contributed by atoms with Crippen molar-refractivity contribution in [3.63, 3.8) is 0 Å². The van der Waals surface area contributed by atoms with Gasteiger partial charge in [-0.15, -0.1) is 0 Å². The van der Waals surface area contributed by atoms with Gasteiger partial charge in [-0.2, -0.15) is 0 Å². The minimum absolute atomic E-state index is 0.526. The van der Waals surface area contributed by atoms with Crippen LogP contribution in [-0.2, 0) is 13.1 Å². The van der Waals surface area contributed by atoms with E-state index in [4.69, 9.17) is 5.73 Å². The Kier molecular flexibility index (Phi) is 3.89. The second-order valence-corrected chi connectivity index (χ2v) is 4.37. The van der Waals surface area contributed by atoms with Gasteiger partial charge in [0.25, 0.3) is 0 Å². The Morgan fingerprint density at radius 1 is 1.28 bits per heavy atom. The second kappa shape index (κ2) is 5.60. The molecule has 2 N–H and O–H groups in total. The van der Waals surface area contributed by atoms with Crippen LogP contribution in [0.1, 0.15) is 16.8 Å². The average Bonchev–Trinajstić information content (AvgIpc) is 2.39. The highest BCUT2D eigenvalue weighted by molar-refractivity contribution is 5.46.